The highest BCUT2D eigenvalue weighted by molar-refractivity contribution is 5.35. The van der Waals surface area contributed by atoms with Crippen molar-refractivity contribution in [3.63, 3.8) is 0 Å². The lowest BCUT2D eigenvalue weighted by Crippen LogP contribution is -2.34. The lowest BCUT2D eigenvalue weighted by molar-refractivity contribution is 0.480. The van der Waals surface area contributed by atoms with Gasteiger partial charge in [0.05, 0.1) is 0 Å². The first-order chi connectivity index (χ1) is 8.92. The summed E-state index contributed by atoms with van der Waals surface area (Å²) in [4.78, 5) is 0. The molecule has 0 saturated carbocycles. The average molecular weight is 255 g/mol. The van der Waals surface area contributed by atoms with E-state index < -0.39 is 0 Å². The maximum atomic E-state index is 6.01. The van der Waals surface area contributed by atoms with E-state index in [1.54, 1.807) is 0 Å². The number of ether oxygens (including phenoxy) is 1. The summed E-state index contributed by atoms with van der Waals surface area (Å²) in [6.45, 7) is 6.12. The van der Waals surface area contributed by atoms with Crippen molar-refractivity contribution in [3.05, 3.63) is 59.7 Å². The minimum atomic E-state index is -0.182. The van der Waals surface area contributed by atoms with Crippen LogP contribution in [0.3, 0.4) is 0 Å². The number of aryl methyl sites for hydroxylation is 1. The molecular formula is C17H21NO. The van der Waals surface area contributed by atoms with E-state index in [-0.39, 0.29) is 5.54 Å². The van der Waals surface area contributed by atoms with Crippen molar-refractivity contribution in [1.29, 1.82) is 0 Å². The minimum Gasteiger partial charge on any atom is -0.457 e. The molecule has 2 N–H and O–H groups in total. The van der Waals surface area contributed by atoms with Gasteiger partial charge in [0.25, 0.3) is 0 Å². The standard InChI is InChI=1S/C17H21NO/c1-13-5-4-6-16(11-13)19-15-9-7-14(8-10-15)12-17(2,3)18/h4-11H,12,18H2,1-3H3. The van der Waals surface area contributed by atoms with Crippen molar-refractivity contribution >= 4 is 0 Å². The third-order valence-electron chi connectivity index (χ3n) is 2.81. The van der Waals surface area contributed by atoms with Crippen LogP contribution in [0.5, 0.6) is 11.5 Å². The van der Waals surface area contributed by atoms with E-state index in [2.05, 4.69) is 25.1 Å². The topological polar surface area (TPSA) is 35.2 Å². The first-order valence-electron chi connectivity index (χ1n) is 6.55. The van der Waals surface area contributed by atoms with E-state index in [4.69, 9.17) is 10.5 Å². The molecular weight excluding hydrogens is 234 g/mol. The molecule has 0 aliphatic heterocycles. The van der Waals surface area contributed by atoms with E-state index in [9.17, 15) is 0 Å². The van der Waals surface area contributed by atoms with E-state index in [1.807, 2.05) is 44.2 Å². The largest absolute Gasteiger partial charge is 0.457 e. The third-order valence-corrected chi connectivity index (χ3v) is 2.81. The van der Waals surface area contributed by atoms with Gasteiger partial charge in [-0.25, -0.2) is 0 Å². The zero-order valence-corrected chi connectivity index (χ0v) is 11.8. The van der Waals surface area contributed by atoms with Gasteiger partial charge >= 0.3 is 0 Å². The molecule has 0 spiro atoms. The van der Waals surface area contributed by atoms with Crippen LogP contribution in [0.1, 0.15) is 25.0 Å². The highest BCUT2D eigenvalue weighted by atomic mass is 16.5. The van der Waals surface area contributed by atoms with Crippen molar-refractivity contribution in [3.8, 4) is 11.5 Å². The summed E-state index contributed by atoms with van der Waals surface area (Å²) in [6.07, 6.45) is 0.859. The Bertz CT molecular complexity index is 538. The fourth-order valence-corrected chi connectivity index (χ4v) is 2.02. The fraction of sp³-hybridized carbons (Fsp3) is 0.294. The summed E-state index contributed by atoms with van der Waals surface area (Å²) >= 11 is 0. The number of nitrogens with two attached hydrogens (primary N) is 1. The molecule has 0 aliphatic rings. The zero-order chi connectivity index (χ0) is 13.9. The van der Waals surface area contributed by atoms with Gasteiger partial charge in [-0.2, -0.15) is 0 Å². The zero-order valence-electron chi connectivity index (χ0n) is 11.8. The lowest BCUT2D eigenvalue weighted by Gasteiger charge is -2.18. The van der Waals surface area contributed by atoms with Crippen LogP contribution in [-0.4, -0.2) is 5.54 Å². The van der Waals surface area contributed by atoms with Crippen LogP contribution in [0.15, 0.2) is 48.5 Å². The van der Waals surface area contributed by atoms with Crippen molar-refractivity contribution < 1.29 is 4.74 Å². The maximum Gasteiger partial charge on any atom is 0.127 e. The Kier molecular flexibility index (Phi) is 3.91. The Balaban J connectivity index is 2.07. The third kappa shape index (κ3) is 4.42. The Morgan fingerprint density at radius 1 is 1.00 bits per heavy atom. The number of benzene rings is 2. The minimum absolute atomic E-state index is 0.182. The number of rotatable bonds is 4. The van der Waals surface area contributed by atoms with Crippen LogP contribution in [0, 0.1) is 6.92 Å². The van der Waals surface area contributed by atoms with Crippen LogP contribution >= 0.6 is 0 Å². The first-order valence-corrected chi connectivity index (χ1v) is 6.55. The first kappa shape index (κ1) is 13.6. The molecule has 0 bridgehead atoms. The van der Waals surface area contributed by atoms with Crippen LogP contribution < -0.4 is 10.5 Å². The molecule has 2 nitrogen and oxygen atoms in total. The Morgan fingerprint density at radius 2 is 1.68 bits per heavy atom. The molecule has 0 atom stereocenters. The van der Waals surface area contributed by atoms with Gasteiger partial charge in [-0.1, -0.05) is 24.3 Å². The second-order valence-corrected chi connectivity index (χ2v) is 5.73. The summed E-state index contributed by atoms with van der Waals surface area (Å²) < 4.78 is 5.81. The summed E-state index contributed by atoms with van der Waals surface area (Å²) in [5, 5.41) is 0. The molecule has 0 amide bonds. The summed E-state index contributed by atoms with van der Waals surface area (Å²) in [7, 11) is 0. The second kappa shape index (κ2) is 5.45. The summed E-state index contributed by atoms with van der Waals surface area (Å²) in [6, 6.07) is 16.2. The van der Waals surface area contributed by atoms with Crippen LogP contribution in [-0.2, 0) is 6.42 Å². The predicted octanol–water partition coefficient (Wildman–Crippen LogP) is 4.07. The van der Waals surface area contributed by atoms with Crippen LogP contribution in [0.4, 0.5) is 0 Å². The number of hydrogen-bond acceptors (Lipinski definition) is 2. The molecule has 2 rings (SSSR count). The lowest BCUT2D eigenvalue weighted by atomic mass is 9.96. The van der Waals surface area contributed by atoms with E-state index in [1.165, 1.54) is 11.1 Å². The Labute approximate surface area is 115 Å². The quantitative estimate of drug-likeness (QED) is 0.894. The molecule has 19 heavy (non-hydrogen) atoms. The van der Waals surface area contributed by atoms with Crippen molar-refractivity contribution in [2.45, 2.75) is 32.7 Å². The number of hydrogen-bond donors (Lipinski definition) is 1. The molecule has 0 radical (unpaired) electrons. The fourth-order valence-electron chi connectivity index (χ4n) is 2.02. The van der Waals surface area contributed by atoms with Gasteiger partial charge < -0.3 is 10.5 Å². The van der Waals surface area contributed by atoms with Gasteiger partial charge in [0, 0.05) is 5.54 Å². The Morgan fingerprint density at radius 3 is 2.26 bits per heavy atom. The van der Waals surface area contributed by atoms with Crippen molar-refractivity contribution in [2.24, 2.45) is 5.73 Å². The van der Waals surface area contributed by atoms with Gasteiger partial charge in [-0.3, -0.25) is 0 Å². The highest BCUT2D eigenvalue weighted by Gasteiger charge is 2.11. The predicted molar refractivity (Wildman–Crippen MR) is 79.7 cm³/mol. The molecule has 2 aromatic rings. The van der Waals surface area contributed by atoms with E-state index in [0.29, 0.717) is 0 Å². The summed E-state index contributed by atoms with van der Waals surface area (Å²) in [5.41, 5.74) is 8.25. The van der Waals surface area contributed by atoms with Gasteiger partial charge in [0.1, 0.15) is 11.5 Å². The van der Waals surface area contributed by atoms with Gasteiger partial charge in [-0.15, -0.1) is 0 Å². The molecule has 0 fully saturated rings. The molecule has 0 aromatic heterocycles. The molecule has 0 heterocycles. The van der Waals surface area contributed by atoms with E-state index >= 15 is 0 Å². The van der Waals surface area contributed by atoms with Crippen LogP contribution in [0.25, 0.3) is 0 Å². The molecule has 2 aromatic carbocycles. The summed E-state index contributed by atoms with van der Waals surface area (Å²) in [5.74, 6) is 1.72. The average Bonchev–Trinajstić information content (AvgIpc) is 2.30. The monoisotopic (exact) mass is 255 g/mol. The van der Waals surface area contributed by atoms with Crippen molar-refractivity contribution in [2.75, 3.05) is 0 Å². The van der Waals surface area contributed by atoms with Gasteiger partial charge in [-0.05, 0) is 62.6 Å². The SMILES string of the molecule is Cc1cccc(Oc2ccc(CC(C)(C)N)cc2)c1. The molecule has 0 aliphatic carbocycles. The smallest absolute Gasteiger partial charge is 0.127 e. The maximum absolute atomic E-state index is 6.01. The van der Waals surface area contributed by atoms with E-state index in [0.717, 1.165) is 17.9 Å². The van der Waals surface area contributed by atoms with Gasteiger partial charge in [0.15, 0.2) is 0 Å². The Hall–Kier alpha value is -1.80. The van der Waals surface area contributed by atoms with Crippen molar-refractivity contribution in [1.82, 2.24) is 0 Å². The normalized spacial score (nSPS) is 11.4. The molecule has 0 saturated heterocycles. The second-order valence-electron chi connectivity index (χ2n) is 5.73. The van der Waals surface area contributed by atoms with Gasteiger partial charge in [0.2, 0.25) is 0 Å². The van der Waals surface area contributed by atoms with Crippen LogP contribution in [0.2, 0.25) is 0 Å². The molecule has 2 heteroatoms. The molecule has 0 unspecified atom stereocenters. The molecule has 100 valence electrons. The highest BCUT2D eigenvalue weighted by Crippen LogP contribution is 2.23.